The third-order valence-corrected chi connectivity index (χ3v) is 4.71. The zero-order valence-corrected chi connectivity index (χ0v) is 15.5. The van der Waals surface area contributed by atoms with Crippen molar-refractivity contribution in [1.29, 1.82) is 0 Å². The van der Waals surface area contributed by atoms with Crippen LogP contribution in [-0.4, -0.2) is 22.6 Å². The van der Waals surface area contributed by atoms with E-state index in [4.69, 9.17) is 10.5 Å². The van der Waals surface area contributed by atoms with Crippen LogP contribution >= 0.6 is 0 Å². The Balaban J connectivity index is 1.63. The van der Waals surface area contributed by atoms with Crippen molar-refractivity contribution in [3.05, 3.63) is 30.6 Å². The molecule has 2 aromatic rings. The van der Waals surface area contributed by atoms with E-state index in [0.29, 0.717) is 23.4 Å². The number of ether oxygens (including phenoxy) is 1. The summed E-state index contributed by atoms with van der Waals surface area (Å²) in [5.41, 5.74) is 7.76. The van der Waals surface area contributed by atoms with Crippen LogP contribution in [0.5, 0.6) is 5.75 Å². The molecule has 0 radical (unpaired) electrons. The zero-order chi connectivity index (χ0) is 18.2. The predicted octanol–water partition coefficient (Wildman–Crippen LogP) is 4.73. The second kappa shape index (κ2) is 9.27. The molecule has 0 bridgehead atoms. The largest absolute Gasteiger partial charge is 0.494 e. The molecule has 1 heterocycles. The van der Waals surface area contributed by atoms with Gasteiger partial charge < -0.3 is 21.1 Å². The number of nitrogens with zero attached hydrogens (tertiary/aromatic N) is 2. The van der Waals surface area contributed by atoms with Crippen molar-refractivity contribution in [1.82, 2.24) is 9.97 Å². The van der Waals surface area contributed by atoms with Crippen LogP contribution in [0.25, 0.3) is 0 Å². The summed E-state index contributed by atoms with van der Waals surface area (Å²) >= 11 is 0. The number of nitrogen functional groups attached to an aromatic ring is 1. The topological polar surface area (TPSA) is 85.1 Å². The maximum absolute atomic E-state index is 6.28. The second-order valence-corrected chi connectivity index (χ2v) is 6.82. The Morgan fingerprint density at radius 3 is 2.54 bits per heavy atom. The molecule has 0 saturated heterocycles. The lowest BCUT2D eigenvalue weighted by molar-refractivity contribution is 0.309. The number of anilines is 4. The highest BCUT2D eigenvalue weighted by Crippen LogP contribution is 2.29. The Kier molecular flexibility index (Phi) is 6.52. The molecule has 6 heteroatoms. The summed E-state index contributed by atoms with van der Waals surface area (Å²) in [5.74, 6) is 2.21. The highest BCUT2D eigenvalue weighted by Gasteiger charge is 2.16. The molecule has 0 spiro atoms. The van der Waals surface area contributed by atoms with Gasteiger partial charge >= 0.3 is 0 Å². The van der Waals surface area contributed by atoms with E-state index in [1.165, 1.54) is 32.1 Å². The van der Waals surface area contributed by atoms with Crippen molar-refractivity contribution in [2.75, 3.05) is 23.0 Å². The predicted molar refractivity (Wildman–Crippen MR) is 107 cm³/mol. The van der Waals surface area contributed by atoms with E-state index in [9.17, 15) is 0 Å². The summed E-state index contributed by atoms with van der Waals surface area (Å²) in [6.07, 6.45) is 9.94. The van der Waals surface area contributed by atoms with Crippen molar-refractivity contribution in [3.63, 3.8) is 0 Å². The summed E-state index contributed by atoms with van der Waals surface area (Å²) in [4.78, 5) is 8.62. The van der Waals surface area contributed by atoms with Gasteiger partial charge in [-0.25, -0.2) is 9.97 Å². The van der Waals surface area contributed by atoms with Gasteiger partial charge in [0.25, 0.3) is 0 Å². The lowest BCUT2D eigenvalue weighted by atomic mass is 9.95. The summed E-state index contributed by atoms with van der Waals surface area (Å²) in [6.45, 7) is 2.90. The van der Waals surface area contributed by atoms with Gasteiger partial charge in [0, 0.05) is 11.7 Å². The fourth-order valence-corrected chi connectivity index (χ4v) is 3.16. The third kappa shape index (κ3) is 5.00. The van der Waals surface area contributed by atoms with E-state index < -0.39 is 0 Å². The standard InChI is InChI=1S/C20H29N5O/c1-2-3-13-26-17-11-9-16(10-12-17)25-20-18(21)19(22-14-23-20)24-15-7-5-4-6-8-15/h9-12,14-15H,2-8,13,21H2,1H3,(H2,22,23,24,25). The minimum absolute atomic E-state index is 0.452. The minimum Gasteiger partial charge on any atom is -0.494 e. The Morgan fingerprint density at radius 1 is 1.08 bits per heavy atom. The average Bonchev–Trinajstić information content (AvgIpc) is 2.67. The molecule has 1 aliphatic rings. The Labute approximate surface area is 155 Å². The first-order valence-corrected chi connectivity index (χ1v) is 9.63. The van der Waals surface area contributed by atoms with Gasteiger partial charge in [0.1, 0.15) is 17.8 Å². The zero-order valence-electron chi connectivity index (χ0n) is 15.5. The van der Waals surface area contributed by atoms with Gasteiger partial charge in [-0.1, -0.05) is 32.6 Å². The number of rotatable bonds is 8. The fourth-order valence-electron chi connectivity index (χ4n) is 3.16. The highest BCUT2D eigenvalue weighted by atomic mass is 16.5. The number of unbranched alkanes of at least 4 members (excludes halogenated alkanes) is 1. The van der Waals surface area contributed by atoms with Gasteiger partial charge in [-0.15, -0.1) is 0 Å². The SMILES string of the molecule is CCCCOc1ccc(Nc2ncnc(NC3CCCCC3)c2N)cc1. The summed E-state index contributed by atoms with van der Waals surface area (Å²) in [6, 6.07) is 8.30. The smallest absolute Gasteiger partial charge is 0.159 e. The highest BCUT2D eigenvalue weighted by molar-refractivity contribution is 5.77. The van der Waals surface area contributed by atoms with Gasteiger partial charge in [-0.05, 0) is 43.5 Å². The van der Waals surface area contributed by atoms with Gasteiger partial charge in [0.05, 0.1) is 6.61 Å². The van der Waals surface area contributed by atoms with Gasteiger partial charge in [0.15, 0.2) is 11.6 Å². The molecule has 1 saturated carbocycles. The summed E-state index contributed by atoms with van der Waals surface area (Å²) in [5, 5.41) is 6.75. The lowest BCUT2D eigenvalue weighted by Gasteiger charge is -2.24. The Bertz CT molecular complexity index is 683. The van der Waals surface area contributed by atoms with E-state index in [-0.39, 0.29) is 0 Å². The van der Waals surface area contributed by atoms with E-state index in [2.05, 4.69) is 27.5 Å². The van der Waals surface area contributed by atoms with Gasteiger partial charge in [-0.2, -0.15) is 0 Å². The lowest BCUT2D eigenvalue weighted by Crippen LogP contribution is -2.23. The minimum atomic E-state index is 0.452. The molecular formula is C20H29N5O. The summed E-state index contributed by atoms with van der Waals surface area (Å²) < 4.78 is 5.69. The number of hydrogen-bond acceptors (Lipinski definition) is 6. The average molecular weight is 355 g/mol. The maximum Gasteiger partial charge on any atom is 0.159 e. The molecule has 1 aromatic carbocycles. The molecule has 0 aliphatic heterocycles. The van der Waals surface area contributed by atoms with Crippen molar-refractivity contribution < 1.29 is 4.74 Å². The van der Waals surface area contributed by atoms with Crippen LogP contribution in [-0.2, 0) is 0 Å². The molecule has 1 aliphatic carbocycles. The van der Waals surface area contributed by atoms with Gasteiger partial charge in [-0.3, -0.25) is 0 Å². The molecule has 0 amide bonds. The first-order valence-electron chi connectivity index (χ1n) is 9.63. The van der Waals surface area contributed by atoms with Crippen LogP contribution in [0.2, 0.25) is 0 Å². The van der Waals surface area contributed by atoms with Crippen molar-refractivity contribution >= 4 is 23.0 Å². The van der Waals surface area contributed by atoms with Gasteiger partial charge in [0.2, 0.25) is 0 Å². The van der Waals surface area contributed by atoms with Crippen LogP contribution in [0.4, 0.5) is 23.0 Å². The van der Waals surface area contributed by atoms with E-state index >= 15 is 0 Å². The van der Waals surface area contributed by atoms with E-state index in [1.807, 2.05) is 24.3 Å². The maximum atomic E-state index is 6.28. The van der Waals surface area contributed by atoms with Crippen LogP contribution in [0.15, 0.2) is 30.6 Å². The molecular weight excluding hydrogens is 326 g/mol. The number of hydrogen-bond donors (Lipinski definition) is 3. The molecule has 1 fully saturated rings. The van der Waals surface area contributed by atoms with E-state index in [0.717, 1.165) is 30.9 Å². The molecule has 0 atom stereocenters. The number of benzene rings is 1. The molecule has 6 nitrogen and oxygen atoms in total. The van der Waals surface area contributed by atoms with E-state index in [1.54, 1.807) is 6.33 Å². The number of nitrogens with one attached hydrogen (secondary N) is 2. The van der Waals surface area contributed by atoms with Crippen LogP contribution in [0.1, 0.15) is 51.9 Å². The molecule has 0 unspecified atom stereocenters. The Hall–Kier alpha value is -2.50. The van der Waals surface area contributed by atoms with Crippen LogP contribution in [0, 0.1) is 0 Å². The molecule has 140 valence electrons. The first-order chi connectivity index (χ1) is 12.8. The molecule has 4 N–H and O–H groups in total. The fraction of sp³-hybridized carbons (Fsp3) is 0.500. The normalized spacial score (nSPS) is 14.8. The quantitative estimate of drug-likeness (QED) is 0.594. The van der Waals surface area contributed by atoms with Crippen molar-refractivity contribution in [2.24, 2.45) is 0 Å². The number of aromatic nitrogens is 2. The first kappa shape index (κ1) is 18.3. The van der Waals surface area contributed by atoms with Crippen molar-refractivity contribution in [3.8, 4) is 5.75 Å². The van der Waals surface area contributed by atoms with Crippen molar-refractivity contribution in [2.45, 2.75) is 57.9 Å². The molecule has 1 aromatic heterocycles. The molecule has 26 heavy (non-hydrogen) atoms. The third-order valence-electron chi connectivity index (χ3n) is 4.71. The number of nitrogens with two attached hydrogens (primary N) is 1. The molecule has 3 rings (SSSR count). The monoisotopic (exact) mass is 355 g/mol. The van der Waals surface area contributed by atoms with Crippen LogP contribution < -0.4 is 21.1 Å². The second-order valence-electron chi connectivity index (χ2n) is 6.82. The van der Waals surface area contributed by atoms with Crippen LogP contribution in [0.3, 0.4) is 0 Å². The summed E-state index contributed by atoms with van der Waals surface area (Å²) in [7, 11) is 0. The Morgan fingerprint density at radius 2 is 1.81 bits per heavy atom.